The first-order chi connectivity index (χ1) is 21.7. The van der Waals surface area contributed by atoms with Gasteiger partial charge in [-0.25, -0.2) is 0 Å². The first-order valence-corrected chi connectivity index (χ1v) is 15.8. The van der Waals surface area contributed by atoms with Crippen molar-refractivity contribution in [2.45, 2.75) is 52.6 Å². The van der Waals surface area contributed by atoms with E-state index in [-0.39, 0.29) is 31.2 Å². The van der Waals surface area contributed by atoms with Crippen LogP contribution in [-0.4, -0.2) is 45.4 Å². The molecule has 0 saturated carbocycles. The molecule has 1 atom stereocenters. The Morgan fingerprint density at radius 3 is 2.58 bits per heavy atom. The average molecular weight is 643 g/mol. The Morgan fingerprint density at radius 2 is 1.84 bits per heavy atom. The van der Waals surface area contributed by atoms with Crippen LogP contribution in [0.15, 0.2) is 47.5 Å². The summed E-state index contributed by atoms with van der Waals surface area (Å²) >= 11 is 7.86. The Labute approximate surface area is 271 Å². The lowest BCUT2D eigenvalue weighted by Gasteiger charge is -2.13. The largest absolute Gasteiger partial charge is 0.356 e. The molecule has 2 aromatic heterocycles. The van der Waals surface area contributed by atoms with E-state index >= 15 is 0 Å². The molecule has 1 aliphatic rings. The van der Waals surface area contributed by atoms with Crippen LogP contribution in [0.3, 0.4) is 0 Å². The molecule has 0 radical (unpaired) electrons. The van der Waals surface area contributed by atoms with E-state index in [1.54, 1.807) is 23.5 Å². The maximum Gasteiger partial charge on any atom is 0.224 e. The number of carbonyl (C=O) groups excluding carboxylic acids is 2. The monoisotopic (exact) mass is 642 g/mol. The van der Waals surface area contributed by atoms with E-state index in [4.69, 9.17) is 28.1 Å². The smallest absolute Gasteiger partial charge is 0.224 e. The van der Waals surface area contributed by atoms with Gasteiger partial charge in [0.2, 0.25) is 11.8 Å². The zero-order chi connectivity index (χ0) is 32.1. The summed E-state index contributed by atoms with van der Waals surface area (Å²) in [4.78, 5) is 32.1. The topological polar surface area (TPSA) is 153 Å². The number of anilines is 1. The van der Waals surface area contributed by atoms with Gasteiger partial charge < -0.3 is 22.1 Å². The SMILES string of the molecule is Cc1sc2c(c1C)C(c1ccc(Cl)cc1)=N[C@@H](CC(=O)NCCCC(=O)Nc1ccc(CN)c(C#CCN)c1)c1nnc(C)n1-2. The molecule has 0 aliphatic carbocycles. The summed E-state index contributed by atoms with van der Waals surface area (Å²) in [6.07, 6.45) is 0.777. The standard InChI is InChI=1S/C33H35ClN8O2S/c1-19-20(2)45-33-30(19)31(22-8-11-25(34)12-9-22)39-27(32-41-40-21(3)42(32)33)17-29(44)37-15-5-7-28(43)38-26-13-10-24(18-36)23(16-26)6-4-14-35/h8-13,16,27H,5,7,14-15,17-18,35-36H2,1-3H3,(H,37,44)(H,38,43)/t27-/m0/s1. The van der Waals surface area contributed by atoms with Crippen LogP contribution >= 0.6 is 22.9 Å². The molecule has 232 valence electrons. The van der Waals surface area contributed by atoms with E-state index in [1.807, 2.05) is 41.8 Å². The Kier molecular flexibility index (Phi) is 10.1. The lowest BCUT2D eigenvalue weighted by Crippen LogP contribution is -2.27. The Balaban J connectivity index is 1.26. The highest BCUT2D eigenvalue weighted by Gasteiger charge is 2.32. The summed E-state index contributed by atoms with van der Waals surface area (Å²) in [6.45, 7) is 6.99. The summed E-state index contributed by atoms with van der Waals surface area (Å²) in [5.74, 6) is 6.81. The molecule has 6 N–H and O–H groups in total. The number of aromatic nitrogens is 3. The summed E-state index contributed by atoms with van der Waals surface area (Å²) in [5, 5.41) is 16.3. The predicted molar refractivity (Wildman–Crippen MR) is 179 cm³/mol. The van der Waals surface area contributed by atoms with Crippen LogP contribution in [-0.2, 0) is 16.1 Å². The summed E-state index contributed by atoms with van der Waals surface area (Å²) in [5.41, 5.74) is 17.4. The number of nitrogens with one attached hydrogen (secondary N) is 2. The fourth-order valence-electron chi connectivity index (χ4n) is 5.18. The third kappa shape index (κ3) is 7.16. The molecule has 2 aromatic carbocycles. The maximum atomic E-state index is 13.2. The van der Waals surface area contributed by atoms with Crippen molar-refractivity contribution in [3.05, 3.63) is 91.8 Å². The molecule has 45 heavy (non-hydrogen) atoms. The molecule has 0 unspecified atom stereocenters. The fourth-order valence-corrected chi connectivity index (χ4v) is 6.52. The number of benzene rings is 2. The minimum absolute atomic E-state index is 0.0779. The van der Waals surface area contributed by atoms with Crippen molar-refractivity contribution in [3.8, 4) is 16.8 Å². The Morgan fingerprint density at radius 1 is 1.07 bits per heavy atom. The van der Waals surface area contributed by atoms with Gasteiger partial charge in [0.15, 0.2) is 5.82 Å². The molecule has 10 nitrogen and oxygen atoms in total. The number of thiophene rings is 1. The quantitative estimate of drug-likeness (QED) is 0.156. The average Bonchev–Trinajstić information content (AvgIpc) is 3.50. The number of nitrogens with two attached hydrogens (primary N) is 2. The molecule has 0 spiro atoms. The van der Waals surface area contributed by atoms with E-state index in [0.29, 0.717) is 36.0 Å². The molecule has 4 aromatic rings. The third-order valence-electron chi connectivity index (χ3n) is 7.58. The lowest BCUT2D eigenvalue weighted by molar-refractivity contribution is -0.122. The zero-order valence-corrected chi connectivity index (χ0v) is 27.0. The molecule has 0 saturated heterocycles. The summed E-state index contributed by atoms with van der Waals surface area (Å²) in [6, 6.07) is 12.4. The number of halogens is 1. The van der Waals surface area contributed by atoms with Crippen LogP contribution in [0, 0.1) is 32.6 Å². The second-order valence-electron chi connectivity index (χ2n) is 10.7. The first kappa shape index (κ1) is 32.1. The molecule has 5 rings (SSSR count). The molecule has 2 amide bonds. The number of hydrogen-bond acceptors (Lipinski definition) is 8. The number of amides is 2. The van der Waals surface area contributed by atoms with Crippen molar-refractivity contribution >= 4 is 46.2 Å². The zero-order valence-electron chi connectivity index (χ0n) is 25.4. The molecule has 0 fully saturated rings. The number of aryl methyl sites for hydroxylation is 2. The van der Waals surface area contributed by atoms with Gasteiger partial charge in [0.05, 0.1) is 18.7 Å². The first-order valence-electron chi connectivity index (χ1n) is 14.6. The van der Waals surface area contributed by atoms with Gasteiger partial charge in [0.1, 0.15) is 16.9 Å². The molecule has 1 aliphatic heterocycles. The van der Waals surface area contributed by atoms with Crippen LogP contribution in [0.5, 0.6) is 0 Å². The summed E-state index contributed by atoms with van der Waals surface area (Å²) < 4.78 is 2.02. The highest BCUT2D eigenvalue weighted by atomic mass is 35.5. The number of rotatable bonds is 9. The van der Waals surface area contributed by atoms with E-state index in [2.05, 4.69) is 46.5 Å². The van der Waals surface area contributed by atoms with Crippen molar-refractivity contribution in [1.29, 1.82) is 0 Å². The molecule has 3 heterocycles. The van der Waals surface area contributed by atoms with Crippen molar-refractivity contribution in [1.82, 2.24) is 20.1 Å². The van der Waals surface area contributed by atoms with Gasteiger partial charge in [0, 0.05) is 51.8 Å². The number of aliphatic imine (C=N–C) groups is 1. The van der Waals surface area contributed by atoms with Gasteiger partial charge in [-0.3, -0.25) is 19.1 Å². The highest BCUT2D eigenvalue weighted by molar-refractivity contribution is 7.15. The molecular weight excluding hydrogens is 608 g/mol. The van der Waals surface area contributed by atoms with Crippen LogP contribution < -0.4 is 22.1 Å². The number of hydrogen-bond donors (Lipinski definition) is 4. The minimum Gasteiger partial charge on any atom is -0.356 e. The number of fused-ring (bicyclic) bond motifs is 3. The third-order valence-corrected chi connectivity index (χ3v) is 9.02. The van der Waals surface area contributed by atoms with Gasteiger partial charge in [0.25, 0.3) is 0 Å². The second kappa shape index (κ2) is 14.2. The Hall–Kier alpha value is -4.34. The van der Waals surface area contributed by atoms with Crippen LogP contribution in [0.1, 0.15) is 69.6 Å². The van der Waals surface area contributed by atoms with Gasteiger partial charge in [-0.15, -0.1) is 21.5 Å². The normalized spacial score (nSPS) is 13.6. The fraction of sp³-hybridized carbons (Fsp3) is 0.303. The van der Waals surface area contributed by atoms with Crippen molar-refractivity contribution in [2.24, 2.45) is 16.5 Å². The second-order valence-corrected chi connectivity index (χ2v) is 12.3. The Bertz CT molecular complexity index is 1830. The van der Waals surface area contributed by atoms with Crippen LogP contribution in [0.25, 0.3) is 5.00 Å². The number of carbonyl (C=O) groups is 2. The lowest BCUT2D eigenvalue weighted by atomic mass is 9.99. The van der Waals surface area contributed by atoms with E-state index < -0.39 is 6.04 Å². The highest BCUT2D eigenvalue weighted by Crippen LogP contribution is 2.39. The molecular formula is C33H35ClN8O2S. The van der Waals surface area contributed by atoms with Crippen LogP contribution in [0.2, 0.25) is 5.02 Å². The van der Waals surface area contributed by atoms with Crippen molar-refractivity contribution in [3.63, 3.8) is 0 Å². The van der Waals surface area contributed by atoms with Gasteiger partial charge >= 0.3 is 0 Å². The van der Waals surface area contributed by atoms with E-state index in [1.165, 1.54) is 4.88 Å². The van der Waals surface area contributed by atoms with Crippen molar-refractivity contribution < 1.29 is 9.59 Å². The number of nitrogens with zero attached hydrogens (tertiary/aromatic N) is 4. The van der Waals surface area contributed by atoms with Gasteiger partial charge in [-0.2, -0.15) is 0 Å². The van der Waals surface area contributed by atoms with Gasteiger partial charge in [-0.05, 0) is 62.6 Å². The van der Waals surface area contributed by atoms with Crippen LogP contribution in [0.4, 0.5) is 5.69 Å². The van der Waals surface area contributed by atoms with E-state index in [0.717, 1.165) is 44.4 Å². The molecule has 12 heteroatoms. The minimum atomic E-state index is -0.562. The van der Waals surface area contributed by atoms with Gasteiger partial charge in [-0.1, -0.05) is 41.6 Å². The summed E-state index contributed by atoms with van der Waals surface area (Å²) in [7, 11) is 0. The predicted octanol–water partition coefficient (Wildman–Crippen LogP) is 4.49. The van der Waals surface area contributed by atoms with Crippen molar-refractivity contribution in [2.75, 3.05) is 18.4 Å². The molecule has 0 bridgehead atoms. The maximum absolute atomic E-state index is 13.2. The van der Waals surface area contributed by atoms with E-state index in [9.17, 15) is 9.59 Å².